The molecule has 2 rings (SSSR count). The van der Waals surface area contributed by atoms with Crippen LogP contribution in [0.15, 0.2) is 59.5 Å². The van der Waals surface area contributed by atoms with Gasteiger partial charge in [-0.25, -0.2) is 13.1 Å². The van der Waals surface area contributed by atoms with Crippen LogP contribution in [-0.4, -0.2) is 25.3 Å². The predicted molar refractivity (Wildman–Crippen MR) is 103 cm³/mol. The topological polar surface area (TPSA) is 118 Å². The van der Waals surface area contributed by atoms with Gasteiger partial charge in [0, 0.05) is 29.9 Å². The van der Waals surface area contributed by atoms with Gasteiger partial charge in [-0.15, -0.1) is 0 Å². The van der Waals surface area contributed by atoms with Gasteiger partial charge in [0.05, 0.1) is 9.82 Å². The summed E-state index contributed by atoms with van der Waals surface area (Å²) in [5.41, 5.74) is 0.872. The summed E-state index contributed by atoms with van der Waals surface area (Å²) in [6, 6.07) is 11.4. The number of anilines is 1. The molecule has 142 valence electrons. The first-order valence-electron chi connectivity index (χ1n) is 8.03. The van der Waals surface area contributed by atoms with Gasteiger partial charge in [-0.2, -0.15) is 0 Å². The molecule has 2 aromatic rings. The van der Waals surface area contributed by atoms with Crippen molar-refractivity contribution < 1.29 is 18.1 Å². The van der Waals surface area contributed by atoms with Crippen LogP contribution in [-0.2, 0) is 14.8 Å². The normalized spacial score (nSPS) is 11.7. The van der Waals surface area contributed by atoms with Crippen molar-refractivity contribution in [3.05, 3.63) is 70.3 Å². The lowest BCUT2D eigenvalue weighted by atomic mass is 10.2. The van der Waals surface area contributed by atoms with Gasteiger partial charge in [-0.1, -0.05) is 12.1 Å². The van der Waals surface area contributed by atoms with E-state index in [4.69, 9.17) is 0 Å². The van der Waals surface area contributed by atoms with Gasteiger partial charge in [-0.05, 0) is 49.8 Å². The molecule has 2 aromatic carbocycles. The molecule has 9 heteroatoms. The SMILES string of the molecule is CC(C)NS(=O)(=O)c1ccc(NC(=O)/C=C/c2cccc([N+](=O)[O-])c2)cc1. The standard InChI is InChI=1S/C18H19N3O5S/c1-13(2)20-27(25,26)17-9-7-15(8-10-17)19-18(22)11-6-14-4-3-5-16(12-14)21(23)24/h3-13,20H,1-2H3,(H,19,22)/b11-6+. The average molecular weight is 389 g/mol. The van der Waals surface area contributed by atoms with Gasteiger partial charge in [0.1, 0.15) is 0 Å². The number of hydrogen-bond acceptors (Lipinski definition) is 5. The molecule has 2 N–H and O–H groups in total. The van der Waals surface area contributed by atoms with E-state index in [2.05, 4.69) is 10.0 Å². The summed E-state index contributed by atoms with van der Waals surface area (Å²) in [5.74, 6) is -0.447. The van der Waals surface area contributed by atoms with Crippen molar-refractivity contribution in [2.75, 3.05) is 5.32 Å². The van der Waals surface area contributed by atoms with Crippen LogP contribution in [0.25, 0.3) is 6.08 Å². The average Bonchev–Trinajstić information content (AvgIpc) is 2.59. The minimum atomic E-state index is -3.59. The Morgan fingerprint density at radius 3 is 2.41 bits per heavy atom. The van der Waals surface area contributed by atoms with E-state index < -0.39 is 20.9 Å². The summed E-state index contributed by atoms with van der Waals surface area (Å²) < 4.78 is 26.6. The van der Waals surface area contributed by atoms with Crippen molar-refractivity contribution in [3.63, 3.8) is 0 Å². The summed E-state index contributed by atoms with van der Waals surface area (Å²) >= 11 is 0. The second-order valence-electron chi connectivity index (χ2n) is 5.98. The largest absolute Gasteiger partial charge is 0.323 e. The van der Waals surface area contributed by atoms with Gasteiger partial charge < -0.3 is 5.32 Å². The molecule has 8 nitrogen and oxygen atoms in total. The van der Waals surface area contributed by atoms with Gasteiger partial charge in [0.2, 0.25) is 15.9 Å². The van der Waals surface area contributed by atoms with Gasteiger partial charge >= 0.3 is 0 Å². The van der Waals surface area contributed by atoms with Crippen LogP contribution >= 0.6 is 0 Å². The van der Waals surface area contributed by atoms with E-state index in [1.54, 1.807) is 19.9 Å². The van der Waals surface area contributed by atoms with Crippen LogP contribution in [0.2, 0.25) is 0 Å². The molecule has 0 aromatic heterocycles. The maximum atomic E-state index is 12.1. The molecule has 0 aliphatic carbocycles. The summed E-state index contributed by atoms with van der Waals surface area (Å²) in [7, 11) is -3.59. The van der Waals surface area contributed by atoms with Crippen molar-refractivity contribution in [1.82, 2.24) is 4.72 Å². The zero-order valence-electron chi connectivity index (χ0n) is 14.7. The second kappa shape index (κ2) is 8.56. The Bertz CT molecular complexity index is 967. The maximum absolute atomic E-state index is 12.1. The number of hydrogen-bond donors (Lipinski definition) is 2. The third-order valence-electron chi connectivity index (χ3n) is 3.33. The summed E-state index contributed by atoms with van der Waals surface area (Å²) in [4.78, 5) is 22.3. The third-order valence-corrected chi connectivity index (χ3v) is 5.01. The molecule has 0 atom stereocenters. The van der Waals surface area contributed by atoms with Crippen molar-refractivity contribution in [2.45, 2.75) is 24.8 Å². The number of nitro benzene ring substituents is 1. The smallest absolute Gasteiger partial charge is 0.270 e. The zero-order valence-corrected chi connectivity index (χ0v) is 15.6. The zero-order chi connectivity index (χ0) is 20.0. The Hall–Kier alpha value is -3.04. The molecule has 0 aliphatic rings. The minimum absolute atomic E-state index is 0.0654. The molecule has 0 spiro atoms. The molecule has 0 radical (unpaired) electrons. The summed E-state index contributed by atoms with van der Waals surface area (Å²) in [6.45, 7) is 3.44. The van der Waals surface area contributed by atoms with E-state index in [1.165, 1.54) is 54.6 Å². The fourth-order valence-corrected chi connectivity index (χ4v) is 3.44. The van der Waals surface area contributed by atoms with E-state index in [0.717, 1.165) is 0 Å². The van der Waals surface area contributed by atoms with Crippen LogP contribution in [0.4, 0.5) is 11.4 Å². The van der Waals surface area contributed by atoms with Gasteiger partial charge in [0.25, 0.3) is 5.69 Å². The number of carbonyl (C=O) groups excluding carboxylic acids is 1. The van der Waals surface area contributed by atoms with Crippen molar-refractivity contribution in [1.29, 1.82) is 0 Å². The van der Waals surface area contributed by atoms with Crippen LogP contribution in [0, 0.1) is 10.1 Å². The lowest BCUT2D eigenvalue weighted by Crippen LogP contribution is -2.30. The highest BCUT2D eigenvalue weighted by molar-refractivity contribution is 7.89. The highest BCUT2D eigenvalue weighted by Crippen LogP contribution is 2.16. The Morgan fingerprint density at radius 2 is 1.81 bits per heavy atom. The van der Waals surface area contributed by atoms with E-state index in [1.807, 2.05) is 0 Å². The number of nitrogens with zero attached hydrogens (tertiary/aromatic N) is 1. The Morgan fingerprint density at radius 1 is 1.15 bits per heavy atom. The lowest BCUT2D eigenvalue weighted by molar-refractivity contribution is -0.384. The van der Waals surface area contributed by atoms with Crippen LogP contribution < -0.4 is 10.0 Å². The maximum Gasteiger partial charge on any atom is 0.270 e. The molecule has 0 saturated carbocycles. The Balaban J connectivity index is 2.04. The number of sulfonamides is 1. The minimum Gasteiger partial charge on any atom is -0.323 e. The molecule has 0 aliphatic heterocycles. The lowest BCUT2D eigenvalue weighted by Gasteiger charge is -2.10. The number of amides is 1. The first-order chi connectivity index (χ1) is 12.7. The predicted octanol–water partition coefficient (Wildman–Crippen LogP) is 2.93. The van der Waals surface area contributed by atoms with Crippen LogP contribution in [0.3, 0.4) is 0 Å². The van der Waals surface area contributed by atoms with Crippen LogP contribution in [0.1, 0.15) is 19.4 Å². The number of carbonyl (C=O) groups is 1. The number of nitrogens with one attached hydrogen (secondary N) is 2. The van der Waals surface area contributed by atoms with E-state index >= 15 is 0 Å². The molecule has 0 saturated heterocycles. The van der Waals surface area contributed by atoms with Crippen molar-refractivity contribution in [3.8, 4) is 0 Å². The number of benzene rings is 2. The fraction of sp³-hybridized carbons (Fsp3) is 0.167. The van der Waals surface area contributed by atoms with Crippen LogP contribution in [0.5, 0.6) is 0 Å². The van der Waals surface area contributed by atoms with E-state index in [9.17, 15) is 23.3 Å². The molecule has 1 amide bonds. The Kier molecular flexibility index (Phi) is 6.43. The Labute approximate surface area is 157 Å². The first kappa shape index (κ1) is 20.3. The third kappa shape index (κ3) is 6.01. The number of nitro groups is 1. The second-order valence-corrected chi connectivity index (χ2v) is 7.69. The molecule has 0 unspecified atom stereocenters. The molecular weight excluding hydrogens is 370 g/mol. The van der Waals surface area contributed by atoms with E-state index in [-0.39, 0.29) is 16.6 Å². The molecular formula is C18H19N3O5S. The first-order valence-corrected chi connectivity index (χ1v) is 9.51. The molecule has 0 fully saturated rings. The van der Waals surface area contributed by atoms with Gasteiger partial charge in [-0.3, -0.25) is 14.9 Å². The van der Waals surface area contributed by atoms with Gasteiger partial charge in [0.15, 0.2) is 0 Å². The molecule has 0 bridgehead atoms. The molecule has 0 heterocycles. The number of rotatable bonds is 7. The van der Waals surface area contributed by atoms with Crippen molar-refractivity contribution in [2.24, 2.45) is 0 Å². The van der Waals surface area contributed by atoms with Crippen molar-refractivity contribution >= 4 is 33.4 Å². The monoisotopic (exact) mass is 389 g/mol. The fourth-order valence-electron chi connectivity index (χ4n) is 2.19. The summed E-state index contributed by atoms with van der Waals surface area (Å²) in [5, 5.41) is 13.3. The quantitative estimate of drug-likeness (QED) is 0.429. The van der Waals surface area contributed by atoms with E-state index in [0.29, 0.717) is 11.3 Å². The summed E-state index contributed by atoms with van der Waals surface area (Å²) in [6.07, 6.45) is 2.69. The highest BCUT2D eigenvalue weighted by atomic mass is 32.2. The number of non-ortho nitro benzene ring substituents is 1. The molecule has 27 heavy (non-hydrogen) atoms. The highest BCUT2D eigenvalue weighted by Gasteiger charge is 2.15.